The molecule has 1 N–H and O–H groups in total. The summed E-state index contributed by atoms with van der Waals surface area (Å²) in [5.41, 5.74) is 1.82. The average Bonchev–Trinajstić information content (AvgIpc) is 3.09. The van der Waals surface area contributed by atoms with Gasteiger partial charge in [0.1, 0.15) is 0 Å². The molecule has 0 bridgehead atoms. The molecule has 162 valence electrons. The Hall–Kier alpha value is -3.62. The predicted octanol–water partition coefficient (Wildman–Crippen LogP) is 2.35. The van der Waals surface area contributed by atoms with Crippen molar-refractivity contribution in [1.29, 1.82) is 0 Å². The van der Waals surface area contributed by atoms with Crippen molar-refractivity contribution in [3.8, 4) is 0 Å². The Labute approximate surface area is 179 Å². The number of amides is 2. The number of aromatic nitrogens is 3. The quantitative estimate of drug-likeness (QED) is 0.636. The van der Waals surface area contributed by atoms with Crippen LogP contribution in [0.2, 0.25) is 0 Å². The van der Waals surface area contributed by atoms with E-state index >= 15 is 0 Å². The molecule has 1 aliphatic rings. The first kappa shape index (κ1) is 20.6. The number of ether oxygens (including phenoxy) is 1. The molecule has 0 spiro atoms. The lowest BCUT2D eigenvalue weighted by atomic mass is 9.98. The van der Waals surface area contributed by atoms with Gasteiger partial charge in [0.2, 0.25) is 0 Å². The van der Waals surface area contributed by atoms with E-state index < -0.39 is 0 Å². The van der Waals surface area contributed by atoms with Crippen molar-refractivity contribution in [3.05, 3.63) is 64.7 Å². The van der Waals surface area contributed by atoms with Crippen LogP contribution < -0.4 is 11.0 Å². The average molecular weight is 423 g/mol. The number of nitrogens with one attached hydrogen (secondary N) is 1. The number of hydrogen-bond donors (Lipinski definition) is 1. The summed E-state index contributed by atoms with van der Waals surface area (Å²) < 4.78 is 7.98. The largest absolute Gasteiger partial charge is 0.466 e. The van der Waals surface area contributed by atoms with E-state index in [4.69, 9.17) is 4.74 Å². The second-order valence-electron chi connectivity index (χ2n) is 7.54. The summed E-state index contributed by atoms with van der Waals surface area (Å²) in [5, 5.41) is 7.23. The van der Waals surface area contributed by atoms with Crippen molar-refractivity contribution in [2.75, 3.05) is 25.0 Å². The number of hydrogen-bond acceptors (Lipinski definition) is 5. The highest BCUT2D eigenvalue weighted by molar-refractivity contribution is 5.90. The summed E-state index contributed by atoms with van der Waals surface area (Å²) >= 11 is 0. The summed E-state index contributed by atoms with van der Waals surface area (Å²) in [6.45, 7) is 3.35. The minimum atomic E-state index is -0.285. The lowest BCUT2D eigenvalue weighted by Gasteiger charge is -2.31. The molecule has 2 aromatic heterocycles. The van der Waals surface area contributed by atoms with Crippen LogP contribution in [0.1, 0.15) is 25.3 Å². The van der Waals surface area contributed by atoms with E-state index in [1.54, 1.807) is 36.2 Å². The maximum Gasteiger partial charge on any atom is 0.350 e. The summed E-state index contributed by atoms with van der Waals surface area (Å²) in [6.07, 6.45) is 3.17. The fourth-order valence-electron chi connectivity index (χ4n) is 3.81. The Morgan fingerprint density at radius 1 is 1.23 bits per heavy atom. The van der Waals surface area contributed by atoms with E-state index in [0.29, 0.717) is 37.6 Å². The minimum absolute atomic E-state index is 0.219. The second kappa shape index (κ2) is 9.03. The predicted molar refractivity (Wildman–Crippen MR) is 115 cm³/mol. The van der Waals surface area contributed by atoms with Crippen molar-refractivity contribution in [1.82, 2.24) is 19.1 Å². The van der Waals surface area contributed by atoms with Gasteiger partial charge in [-0.25, -0.2) is 14.3 Å². The maximum atomic E-state index is 12.7. The number of benzene rings is 1. The first-order valence-electron chi connectivity index (χ1n) is 10.4. The molecule has 0 aliphatic carbocycles. The van der Waals surface area contributed by atoms with Gasteiger partial charge in [-0.2, -0.15) is 0 Å². The van der Waals surface area contributed by atoms with Gasteiger partial charge in [-0.05, 0) is 49.6 Å². The van der Waals surface area contributed by atoms with Gasteiger partial charge in [0.15, 0.2) is 5.65 Å². The van der Waals surface area contributed by atoms with Crippen LogP contribution in [0.25, 0.3) is 5.65 Å². The number of urea groups is 1. The molecular weight excluding hydrogens is 398 g/mol. The van der Waals surface area contributed by atoms with E-state index in [0.717, 1.165) is 18.4 Å². The molecule has 1 saturated heterocycles. The standard InChI is InChI=1S/C22H25N5O4/c1-2-31-20(28)17-8-6-11-25(15-17)21(29)23-18-9-5-7-16(13-18)14-27-22(30)26-12-4-3-10-19(26)24-27/h3-5,7,9-10,12-13,17H,2,6,8,11,14-15H2,1H3,(H,23,29)/t17-/m1/s1. The fourth-order valence-corrected chi connectivity index (χ4v) is 3.81. The highest BCUT2D eigenvalue weighted by atomic mass is 16.5. The second-order valence-corrected chi connectivity index (χ2v) is 7.54. The molecule has 1 fully saturated rings. The topological polar surface area (TPSA) is 97.9 Å². The third-order valence-electron chi connectivity index (χ3n) is 5.33. The van der Waals surface area contributed by atoms with Crippen LogP contribution in [-0.2, 0) is 16.1 Å². The molecule has 3 heterocycles. The molecule has 9 nitrogen and oxygen atoms in total. The third kappa shape index (κ3) is 4.60. The van der Waals surface area contributed by atoms with Crippen molar-refractivity contribution < 1.29 is 14.3 Å². The SMILES string of the molecule is CCOC(=O)[C@@H]1CCCN(C(=O)Nc2cccc(Cn3nc4ccccn4c3=O)c2)C1. The van der Waals surface area contributed by atoms with Crippen LogP contribution >= 0.6 is 0 Å². The lowest BCUT2D eigenvalue weighted by molar-refractivity contribution is -0.149. The van der Waals surface area contributed by atoms with Crippen LogP contribution in [0.5, 0.6) is 0 Å². The molecule has 3 aromatic rings. The smallest absolute Gasteiger partial charge is 0.350 e. The van der Waals surface area contributed by atoms with E-state index in [-0.39, 0.29) is 23.6 Å². The molecule has 9 heteroatoms. The Balaban J connectivity index is 1.43. The number of piperidine rings is 1. The van der Waals surface area contributed by atoms with Gasteiger partial charge in [-0.15, -0.1) is 5.10 Å². The molecule has 31 heavy (non-hydrogen) atoms. The number of nitrogens with zero attached hydrogens (tertiary/aromatic N) is 4. The Bertz CT molecular complexity index is 1150. The van der Waals surface area contributed by atoms with Crippen LogP contribution in [-0.4, -0.2) is 50.8 Å². The molecule has 1 aromatic carbocycles. The zero-order chi connectivity index (χ0) is 21.8. The molecule has 1 aliphatic heterocycles. The zero-order valence-corrected chi connectivity index (χ0v) is 17.4. The van der Waals surface area contributed by atoms with Crippen molar-refractivity contribution >= 4 is 23.3 Å². The molecule has 4 rings (SSSR count). The first-order valence-corrected chi connectivity index (χ1v) is 10.4. The number of carbonyl (C=O) groups excluding carboxylic acids is 2. The number of carbonyl (C=O) groups is 2. The summed E-state index contributed by atoms with van der Waals surface area (Å²) in [7, 11) is 0. The van der Waals surface area contributed by atoms with E-state index in [1.807, 2.05) is 24.3 Å². The number of rotatable bonds is 5. The molecule has 1 atom stereocenters. The lowest BCUT2D eigenvalue weighted by Crippen LogP contribution is -2.44. The molecule has 0 radical (unpaired) electrons. The van der Waals surface area contributed by atoms with Crippen LogP contribution in [0.15, 0.2) is 53.5 Å². The van der Waals surface area contributed by atoms with Gasteiger partial charge < -0.3 is 15.0 Å². The summed E-state index contributed by atoms with van der Waals surface area (Å²) in [5.74, 6) is -0.535. The van der Waals surface area contributed by atoms with Crippen LogP contribution in [0, 0.1) is 5.92 Å². The maximum absolute atomic E-state index is 12.7. The minimum Gasteiger partial charge on any atom is -0.466 e. The van der Waals surface area contributed by atoms with E-state index in [9.17, 15) is 14.4 Å². The van der Waals surface area contributed by atoms with Gasteiger partial charge in [-0.3, -0.25) is 9.20 Å². The number of likely N-dealkylation sites (tertiary alicyclic amines) is 1. The van der Waals surface area contributed by atoms with Gasteiger partial charge in [0, 0.05) is 25.0 Å². The first-order chi connectivity index (χ1) is 15.0. The zero-order valence-electron chi connectivity index (χ0n) is 17.4. The Morgan fingerprint density at radius 3 is 2.90 bits per heavy atom. The van der Waals surface area contributed by atoms with Crippen molar-refractivity contribution in [3.63, 3.8) is 0 Å². The van der Waals surface area contributed by atoms with Gasteiger partial charge >= 0.3 is 17.7 Å². The van der Waals surface area contributed by atoms with Crippen molar-refractivity contribution in [2.45, 2.75) is 26.3 Å². The van der Waals surface area contributed by atoms with E-state index in [2.05, 4.69) is 10.4 Å². The van der Waals surface area contributed by atoms with Crippen LogP contribution in [0.3, 0.4) is 0 Å². The number of fused-ring (bicyclic) bond motifs is 1. The number of esters is 1. The summed E-state index contributed by atoms with van der Waals surface area (Å²) in [6, 6.07) is 12.4. The number of pyridine rings is 1. The third-order valence-corrected chi connectivity index (χ3v) is 5.33. The highest BCUT2D eigenvalue weighted by Gasteiger charge is 2.29. The van der Waals surface area contributed by atoms with Crippen molar-refractivity contribution in [2.24, 2.45) is 5.92 Å². The molecule has 2 amide bonds. The highest BCUT2D eigenvalue weighted by Crippen LogP contribution is 2.19. The van der Waals surface area contributed by atoms with Crippen LogP contribution in [0.4, 0.5) is 10.5 Å². The molecular formula is C22H25N5O4. The molecule has 0 unspecified atom stereocenters. The molecule has 0 saturated carbocycles. The van der Waals surface area contributed by atoms with Gasteiger partial charge in [-0.1, -0.05) is 18.2 Å². The van der Waals surface area contributed by atoms with Gasteiger partial charge in [0.25, 0.3) is 0 Å². The fraction of sp³-hybridized carbons (Fsp3) is 0.364. The Morgan fingerprint density at radius 2 is 2.10 bits per heavy atom. The Kier molecular flexibility index (Phi) is 6.01. The summed E-state index contributed by atoms with van der Waals surface area (Å²) in [4.78, 5) is 38.9. The van der Waals surface area contributed by atoms with Gasteiger partial charge in [0.05, 0.1) is 19.1 Å². The monoisotopic (exact) mass is 423 g/mol. The number of anilines is 1. The van der Waals surface area contributed by atoms with E-state index in [1.165, 1.54) is 9.08 Å². The normalized spacial score (nSPS) is 16.3.